The molecule has 20 heavy (non-hydrogen) atoms. The highest BCUT2D eigenvalue weighted by atomic mass is 19.4. The summed E-state index contributed by atoms with van der Waals surface area (Å²) in [6.07, 6.45) is -4.43. The van der Waals surface area contributed by atoms with Gasteiger partial charge in [0.25, 0.3) is 0 Å². The fraction of sp³-hybridized carbons (Fsp3) is 0.214. The van der Waals surface area contributed by atoms with Crippen molar-refractivity contribution in [3.8, 4) is 5.75 Å². The second-order valence-corrected chi connectivity index (χ2v) is 3.99. The SMILES string of the molecule is FC(F)(F)c1cccc(NCCOc2ccccc2)n1. The molecule has 0 amide bonds. The van der Waals surface area contributed by atoms with Crippen LogP contribution in [-0.2, 0) is 6.18 Å². The number of aromatic nitrogens is 1. The number of para-hydroxylation sites is 1. The number of pyridine rings is 1. The Bertz CT molecular complexity index is 544. The van der Waals surface area contributed by atoms with Crippen LogP contribution in [0, 0.1) is 0 Å². The Morgan fingerprint density at radius 3 is 2.45 bits per heavy atom. The maximum absolute atomic E-state index is 12.5. The molecule has 1 heterocycles. The third kappa shape index (κ3) is 4.15. The first-order chi connectivity index (χ1) is 9.55. The third-order valence-electron chi connectivity index (χ3n) is 2.46. The van der Waals surface area contributed by atoms with Crippen LogP contribution in [0.25, 0.3) is 0 Å². The zero-order valence-electron chi connectivity index (χ0n) is 10.5. The molecule has 0 saturated heterocycles. The number of nitrogens with one attached hydrogen (secondary N) is 1. The van der Waals surface area contributed by atoms with Crippen molar-refractivity contribution >= 4 is 5.82 Å². The van der Waals surface area contributed by atoms with E-state index in [-0.39, 0.29) is 5.82 Å². The van der Waals surface area contributed by atoms with Gasteiger partial charge in [0.2, 0.25) is 0 Å². The molecular weight excluding hydrogens is 269 g/mol. The number of nitrogens with zero attached hydrogens (tertiary/aromatic N) is 1. The molecule has 0 radical (unpaired) electrons. The predicted molar refractivity (Wildman–Crippen MR) is 69.7 cm³/mol. The van der Waals surface area contributed by atoms with Crippen molar-refractivity contribution in [2.24, 2.45) is 0 Å². The second kappa shape index (κ2) is 6.27. The minimum atomic E-state index is -4.43. The van der Waals surface area contributed by atoms with Gasteiger partial charge in [0.1, 0.15) is 23.9 Å². The topological polar surface area (TPSA) is 34.1 Å². The van der Waals surface area contributed by atoms with E-state index in [9.17, 15) is 13.2 Å². The molecule has 0 aliphatic rings. The van der Waals surface area contributed by atoms with Crippen LogP contribution < -0.4 is 10.1 Å². The molecule has 0 fully saturated rings. The van der Waals surface area contributed by atoms with E-state index in [0.29, 0.717) is 18.9 Å². The highest BCUT2D eigenvalue weighted by molar-refractivity contribution is 5.35. The molecule has 106 valence electrons. The first-order valence-electron chi connectivity index (χ1n) is 6.02. The van der Waals surface area contributed by atoms with Crippen molar-refractivity contribution in [1.29, 1.82) is 0 Å². The Morgan fingerprint density at radius 1 is 1.00 bits per heavy atom. The molecule has 0 atom stereocenters. The lowest BCUT2D eigenvalue weighted by Crippen LogP contribution is -2.14. The normalized spacial score (nSPS) is 11.2. The van der Waals surface area contributed by atoms with Gasteiger partial charge < -0.3 is 10.1 Å². The molecule has 0 bridgehead atoms. The molecular formula is C14H13F3N2O. The lowest BCUT2D eigenvalue weighted by Gasteiger charge is -2.10. The first-order valence-corrected chi connectivity index (χ1v) is 6.02. The Kier molecular flexibility index (Phi) is 4.45. The van der Waals surface area contributed by atoms with E-state index in [2.05, 4.69) is 10.3 Å². The van der Waals surface area contributed by atoms with Crippen LogP contribution in [0.3, 0.4) is 0 Å². The number of anilines is 1. The minimum absolute atomic E-state index is 0.177. The average Bonchev–Trinajstić information content (AvgIpc) is 2.44. The van der Waals surface area contributed by atoms with Crippen LogP contribution in [0.5, 0.6) is 5.75 Å². The van der Waals surface area contributed by atoms with Gasteiger partial charge in [0, 0.05) is 0 Å². The van der Waals surface area contributed by atoms with E-state index in [1.807, 2.05) is 30.3 Å². The quantitative estimate of drug-likeness (QED) is 0.851. The first kappa shape index (κ1) is 14.2. The summed E-state index contributed by atoms with van der Waals surface area (Å²) in [7, 11) is 0. The van der Waals surface area contributed by atoms with E-state index in [1.165, 1.54) is 12.1 Å². The molecule has 2 aromatic rings. The monoisotopic (exact) mass is 282 g/mol. The van der Waals surface area contributed by atoms with Gasteiger partial charge in [-0.1, -0.05) is 24.3 Å². The lowest BCUT2D eigenvalue weighted by atomic mass is 10.3. The number of hydrogen-bond donors (Lipinski definition) is 1. The molecule has 0 saturated carbocycles. The molecule has 6 heteroatoms. The van der Waals surface area contributed by atoms with Gasteiger partial charge in [-0.2, -0.15) is 13.2 Å². The fourth-order valence-electron chi connectivity index (χ4n) is 1.56. The Balaban J connectivity index is 1.83. The summed E-state index contributed by atoms with van der Waals surface area (Å²) < 4.78 is 42.8. The van der Waals surface area contributed by atoms with Crippen molar-refractivity contribution in [1.82, 2.24) is 4.98 Å². The van der Waals surface area contributed by atoms with Gasteiger partial charge in [0.15, 0.2) is 0 Å². The highest BCUT2D eigenvalue weighted by Gasteiger charge is 2.32. The Labute approximate surface area is 114 Å². The van der Waals surface area contributed by atoms with Crippen molar-refractivity contribution < 1.29 is 17.9 Å². The summed E-state index contributed by atoms with van der Waals surface area (Å²) >= 11 is 0. The van der Waals surface area contributed by atoms with E-state index in [0.717, 1.165) is 6.07 Å². The lowest BCUT2D eigenvalue weighted by molar-refractivity contribution is -0.141. The number of ether oxygens (including phenoxy) is 1. The summed E-state index contributed by atoms with van der Waals surface area (Å²) in [5, 5.41) is 2.79. The number of hydrogen-bond acceptors (Lipinski definition) is 3. The molecule has 2 rings (SSSR count). The van der Waals surface area contributed by atoms with Crippen LogP contribution in [0.4, 0.5) is 19.0 Å². The van der Waals surface area contributed by atoms with E-state index < -0.39 is 11.9 Å². The zero-order valence-corrected chi connectivity index (χ0v) is 10.5. The van der Waals surface area contributed by atoms with E-state index >= 15 is 0 Å². The molecule has 1 N–H and O–H groups in total. The third-order valence-corrected chi connectivity index (χ3v) is 2.46. The Morgan fingerprint density at radius 2 is 1.75 bits per heavy atom. The van der Waals surface area contributed by atoms with Gasteiger partial charge in [-0.05, 0) is 24.3 Å². The maximum Gasteiger partial charge on any atom is 0.433 e. The van der Waals surface area contributed by atoms with Gasteiger partial charge in [-0.15, -0.1) is 0 Å². The smallest absolute Gasteiger partial charge is 0.433 e. The zero-order chi connectivity index (χ0) is 14.4. The van der Waals surface area contributed by atoms with Crippen LogP contribution in [-0.4, -0.2) is 18.1 Å². The van der Waals surface area contributed by atoms with Crippen LogP contribution in [0.1, 0.15) is 5.69 Å². The molecule has 1 aromatic heterocycles. The van der Waals surface area contributed by atoms with E-state index in [4.69, 9.17) is 4.74 Å². The number of halogens is 3. The van der Waals surface area contributed by atoms with Crippen molar-refractivity contribution in [2.45, 2.75) is 6.18 Å². The van der Waals surface area contributed by atoms with Crippen LogP contribution >= 0.6 is 0 Å². The van der Waals surface area contributed by atoms with Crippen molar-refractivity contribution in [3.63, 3.8) is 0 Å². The summed E-state index contributed by atoms with van der Waals surface area (Å²) in [6.45, 7) is 0.700. The summed E-state index contributed by atoms with van der Waals surface area (Å²) in [5.41, 5.74) is -0.911. The van der Waals surface area contributed by atoms with Gasteiger partial charge in [-0.3, -0.25) is 0 Å². The van der Waals surface area contributed by atoms with Crippen molar-refractivity contribution in [3.05, 3.63) is 54.2 Å². The highest BCUT2D eigenvalue weighted by Crippen LogP contribution is 2.28. The standard InChI is InChI=1S/C14H13F3N2O/c15-14(16,17)12-7-4-8-13(19-12)18-9-10-20-11-5-2-1-3-6-11/h1-8H,9-10H2,(H,18,19). The number of alkyl halides is 3. The van der Waals surface area contributed by atoms with E-state index in [1.54, 1.807) is 0 Å². The fourth-order valence-corrected chi connectivity index (χ4v) is 1.56. The molecule has 0 aliphatic heterocycles. The molecule has 3 nitrogen and oxygen atoms in total. The van der Waals surface area contributed by atoms with Crippen LogP contribution in [0.2, 0.25) is 0 Å². The Hall–Kier alpha value is -2.24. The maximum atomic E-state index is 12.5. The van der Waals surface area contributed by atoms with Gasteiger partial charge >= 0.3 is 6.18 Å². The van der Waals surface area contributed by atoms with Gasteiger partial charge in [0.05, 0.1) is 6.54 Å². The minimum Gasteiger partial charge on any atom is -0.492 e. The molecule has 0 spiro atoms. The van der Waals surface area contributed by atoms with Crippen molar-refractivity contribution in [2.75, 3.05) is 18.5 Å². The average molecular weight is 282 g/mol. The van der Waals surface area contributed by atoms with Gasteiger partial charge in [-0.25, -0.2) is 4.98 Å². The summed E-state index contributed by atoms with van der Waals surface area (Å²) in [5.74, 6) is 0.891. The van der Waals surface area contributed by atoms with Crippen LogP contribution in [0.15, 0.2) is 48.5 Å². The predicted octanol–water partition coefficient (Wildman–Crippen LogP) is 3.59. The summed E-state index contributed by atoms with van der Waals surface area (Å²) in [6, 6.07) is 12.9. The second-order valence-electron chi connectivity index (χ2n) is 3.99. The molecule has 0 aliphatic carbocycles. The largest absolute Gasteiger partial charge is 0.492 e. The molecule has 1 aromatic carbocycles. The molecule has 0 unspecified atom stereocenters. The number of rotatable bonds is 5. The summed E-state index contributed by atoms with van der Waals surface area (Å²) in [4.78, 5) is 3.50. The number of benzene rings is 1.